The van der Waals surface area contributed by atoms with Gasteiger partial charge in [-0.25, -0.2) is 9.59 Å². The third-order valence-electron chi connectivity index (χ3n) is 2.27. The number of thioether (sulfide) groups is 1. The van der Waals surface area contributed by atoms with Gasteiger partial charge in [0.1, 0.15) is 0 Å². The van der Waals surface area contributed by atoms with Crippen molar-refractivity contribution >= 4 is 23.8 Å². The van der Waals surface area contributed by atoms with Crippen molar-refractivity contribution in [2.24, 2.45) is 0 Å². The molecule has 0 aliphatic carbocycles. The molecule has 0 aromatic carbocycles. The fourth-order valence-electron chi connectivity index (χ4n) is 1.20. The maximum atomic E-state index is 11.4. The van der Waals surface area contributed by atoms with E-state index in [-0.39, 0.29) is 25.0 Å². The summed E-state index contributed by atoms with van der Waals surface area (Å²) >= 11 is 1.82. The number of aliphatic carboxylic acids is 1. The van der Waals surface area contributed by atoms with E-state index < -0.39 is 12.1 Å². The summed E-state index contributed by atoms with van der Waals surface area (Å²) in [5, 5.41) is 22.7. The zero-order chi connectivity index (χ0) is 14.0. The summed E-state index contributed by atoms with van der Waals surface area (Å²) in [5.74, 6) is 0.781. The molecule has 0 heterocycles. The number of nitrogens with one attached hydrogen (secondary N) is 2. The molecular weight excluding hydrogens is 256 g/mol. The molecular formula is C11H22N2O4S. The van der Waals surface area contributed by atoms with Crippen molar-refractivity contribution < 1.29 is 19.8 Å². The number of carboxylic acid groups (broad SMARTS) is 1. The lowest BCUT2D eigenvalue weighted by Crippen LogP contribution is -2.42. The second-order valence-electron chi connectivity index (χ2n) is 3.93. The Labute approximate surface area is 112 Å². The molecule has 0 aromatic rings. The van der Waals surface area contributed by atoms with Gasteiger partial charge in [0.05, 0.1) is 0 Å². The van der Waals surface area contributed by atoms with Crippen LogP contribution < -0.4 is 10.6 Å². The van der Waals surface area contributed by atoms with Crippen molar-refractivity contribution in [3.05, 3.63) is 0 Å². The maximum Gasteiger partial charge on any atom is 0.332 e. The van der Waals surface area contributed by atoms with E-state index >= 15 is 0 Å². The number of hydrogen-bond acceptors (Lipinski definition) is 4. The molecule has 2 unspecified atom stereocenters. The second kappa shape index (κ2) is 10.0. The van der Waals surface area contributed by atoms with E-state index in [1.54, 1.807) is 0 Å². The van der Waals surface area contributed by atoms with Crippen LogP contribution in [-0.4, -0.2) is 52.4 Å². The predicted octanol–water partition coefficient (Wildman–Crippen LogP) is 0.653. The number of urea groups is 1. The Bertz CT molecular complexity index is 263. The van der Waals surface area contributed by atoms with Gasteiger partial charge in [-0.3, -0.25) is 0 Å². The smallest absolute Gasteiger partial charge is 0.332 e. The molecule has 2 atom stereocenters. The predicted molar refractivity (Wildman–Crippen MR) is 71.9 cm³/mol. The zero-order valence-electron chi connectivity index (χ0n) is 10.8. The number of carbonyl (C=O) groups excluding carboxylic acids is 1. The van der Waals surface area contributed by atoms with Gasteiger partial charge >= 0.3 is 12.0 Å². The van der Waals surface area contributed by atoms with E-state index in [2.05, 4.69) is 17.6 Å². The molecule has 0 aromatic heterocycles. The van der Waals surface area contributed by atoms with Crippen molar-refractivity contribution in [2.75, 3.05) is 18.1 Å². The van der Waals surface area contributed by atoms with Crippen LogP contribution in [0.3, 0.4) is 0 Å². The Morgan fingerprint density at radius 2 is 2.00 bits per heavy atom. The van der Waals surface area contributed by atoms with Gasteiger partial charge in [0.15, 0.2) is 6.10 Å². The van der Waals surface area contributed by atoms with Crippen LogP contribution in [0.4, 0.5) is 4.79 Å². The lowest BCUT2D eigenvalue weighted by atomic mass is 10.2. The fourth-order valence-corrected chi connectivity index (χ4v) is 2.01. The van der Waals surface area contributed by atoms with Gasteiger partial charge in [0, 0.05) is 19.0 Å². The highest BCUT2D eigenvalue weighted by Crippen LogP contribution is 2.03. The third-order valence-corrected chi connectivity index (χ3v) is 3.20. The van der Waals surface area contributed by atoms with E-state index in [1.165, 1.54) is 0 Å². The zero-order valence-corrected chi connectivity index (χ0v) is 11.6. The Morgan fingerprint density at radius 1 is 1.33 bits per heavy atom. The highest BCUT2D eigenvalue weighted by molar-refractivity contribution is 7.99. The fraction of sp³-hybridized carbons (Fsp3) is 0.818. The first-order valence-electron chi connectivity index (χ1n) is 6.00. The first-order chi connectivity index (χ1) is 8.47. The molecule has 0 aliphatic rings. The second-order valence-corrected chi connectivity index (χ2v) is 5.32. The summed E-state index contributed by atoms with van der Waals surface area (Å²) in [7, 11) is 0. The third kappa shape index (κ3) is 9.12. The number of carbonyl (C=O) groups is 2. The van der Waals surface area contributed by atoms with Gasteiger partial charge in [-0.15, -0.1) is 0 Å². The molecule has 18 heavy (non-hydrogen) atoms. The summed E-state index contributed by atoms with van der Waals surface area (Å²) in [5.41, 5.74) is 0. The topological polar surface area (TPSA) is 98.7 Å². The Hall–Kier alpha value is -0.950. The Balaban J connectivity index is 3.61. The van der Waals surface area contributed by atoms with E-state index in [9.17, 15) is 9.59 Å². The van der Waals surface area contributed by atoms with E-state index in [0.29, 0.717) is 0 Å². The monoisotopic (exact) mass is 278 g/mol. The molecule has 0 spiro atoms. The molecule has 7 heteroatoms. The lowest BCUT2D eigenvalue weighted by Gasteiger charge is -2.14. The largest absolute Gasteiger partial charge is 0.479 e. The van der Waals surface area contributed by atoms with Crippen molar-refractivity contribution in [3.63, 3.8) is 0 Å². The van der Waals surface area contributed by atoms with Crippen LogP contribution in [0.2, 0.25) is 0 Å². The number of aliphatic hydroxyl groups is 1. The van der Waals surface area contributed by atoms with Gasteiger partial charge in [0.2, 0.25) is 0 Å². The molecule has 0 radical (unpaired) electrons. The number of amides is 2. The lowest BCUT2D eigenvalue weighted by molar-refractivity contribution is -0.146. The Kier molecular flexibility index (Phi) is 9.49. The van der Waals surface area contributed by atoms with Crippen LogP contribution in [0, 0.1) is 0 Å². The number of hydrogen-bond donors (Lipinski definition) is 4. The minimum absolute atomic E-state index is 0.00280. The number of aliphatic hydroxyl groups excluding tert-OH is 1. The molecule has 6 nitrogen and oxygen atoms in total. The first kappa shape index (κ1) is 17.1. The summed E-state index contributed by atoms with van der Waals surface area (Å²) in [6.45, 7) is 4.14. The van der Waals surface area contributed by atoms with Gasteiger partial charge < -0.3 is 20.8 Å². The van der Waals surface area contributed by atoms with Crippen molar-refractivity contribution in [3.8, 4) is 0 Å². The summed E-state index contributed by atoms with van der Waals surface area (Å²) in [6.07, 6.45) is -0.532. The van der Waals surface area contributed by atoms with Gasteiger partial charge in [-0.05, 0) is 24.9 Å². The molecule has 0 rings (SSSR count). The molecule has 2 amide bonds. The molecule has 106 valence electrons. The number of carboxylic acids is 1. The highest BCUT2D eigenvalue weighted by atomic mass is 32.2. The van der Waals surface area contributed by atoms with Crippen LogP contribution in [0.1, 0.15) is 26.7 Å². The summed E-state index contributed by atoms with van der Waals surface area (Å²) in [6, 6.07) is -0.255. The van der Waals surface area contributed by atoms with Crippen LogP contribution in [0.5, 0.6) is 0 Å². The molecule has 0 bridgehead atoms. The van der Waals surface area contributed by atoms with E-state index in [0.717, 1.165) is 17.9 Å². The van der Waals surface area contributed by atoms with Crippen LogP contribution in [0.15, 0.2) is 0 Å². The average Bonchev–Trinajstić information content (AvgIpc) is 2.28. The van der Waals surface area contributed by atoms with Crippen LogP contribution >= 0.6 is 11.8 Å². The van der Waals surface area contributed by atoms with E-state index in [4.69, 9.17) is 10.2 Å². The number of rotatable bonds is 9. The van der Waals surface area contributed by atoms with Gasteiger partial charge in [0.25, 0.3) is 0 Å². The molecule has 0 fully saturated rings. The Morgan fingerprint density at radius 3 is 2.56 bits per heavy atom. The normalized spacial score (nSPS) is 13.7. The molecule has 0 aliphatic heterocycles. The van der Waals surface area contributed by atoms with Gasteiger partial charge in [-0.2, -0.15) is 11.8 Å². The quantitative estimate of drug-likeness (QED) is 0.464. The van der Waals surface area contributed by atoms with Crippen molar-refractivity contribution in [2.45, 2.75) is 38.8 Å². The SMILES string of the molecule is CCSCCC(C)NC(=O)NCCC(O)C(=O)O. The van der Waals surface area contributed by atoms with Crippen molar-refractivity contribution in [1.29, 1.82) is 0 Å². The molecule has 4 N–H and O–H groups in total. The summed E-state index contributed by atoms with van der Waals surface area (Å²) in [4.78, 5) is 21.7. The van der Waals surface area contributed by atoms with Crippen LogP contribution in [-0.2, 0) is 4.79 Å². The highest BCUT2D eigenvalue weighted by Gasteiger charge is 2.13. The van der Waals surface area contributed by atoms with Crippen molar-refractivity contribution in [1.82, 2.24) is 10.6 Å². The maximum absolute atomic E-state index is 11.4. The van der Waals surface area contributed by atoms with E-state index in [1.807, 2.05) is 18.7 Å². The molecule has 0 saturated heterocycles. The summed E-state index contributed by atoms with van der Waals surface area (Å²) < 4.78 is 0. The standard InChI is InChI=1S/C11H22N2O4S/c1-3-18-7-5-8(2)13-11(17)12-6-4-9(14)10(15)16/h8-9,14H,3-7H2,1-2H3,(H,15,16)(H2,12,13,17). The van der Waals surface area contributed by atoms with Crippen LogP contribution in [0.25, 0.3) is 0 Å². The minimum atomic E-state index is -1.43. The average molecular weight is 278 g/mol. The molecule has 0 saturated carbocycles. The minimum Gasteiger partial charge on any atom is -0.479 e. The first-order valence-corrected chi connectivity index (χ1v) is 7.15. The van der Waals surface area contributed by atoms with Gasteiger partial charge in [-0.1, -0.05) is 6.92 Å².